The number of anilines is 2. The number of hydrogen-bond donors (Lipinski definition) is 1. The van der Waals surface area contributed by atoms with E-state index in [4.69, 9.17) is 4.74 Å². The molecule has 3 rings (SSSR count). The summed E-state index contributed by atoms with van der Waals surface area (Å²) in [5.74, 6) is 0.592. The van der Waals surface area contributed by atoms with Gasteiger partial charge in [0.2, 0.25) is 0 Å². The van der Waals surface area contributed by atoms with Gasteiger partial charge >= 0.3 is 0 Å². The van der Waals surface area contributed by atoms with Gasteiger partial charge in [-0.25, -0.2) is 13.4 Å². The summed E-state index contributed by atoms with van der Waals surface area (Å²) in [6, 6.07) is 8.54. The van der Waals surface area contributed by atoms with Crippen LogP contribution in [-0.2, 0) is 9.84 Å². The quantitative estimate of drug-likeness (QED) is 0.707. The molecule has 0 unspecified atom stereocenters. The van der Waals surface area contributed by atoms with Gasteiger partial charge < -0.3 is 10.1 Å². The molecule has 2 aromatic heterocycles. The van der Waals surface area contributed by atoms with Crippen LogP contribution in [0.3, 0.4) is 0 Å². The summed E-state index contributed by atoms with van der Waals surface area (Å²) in [4.78, 5) is 8.87. The van der Waals surface area contributed by atoms with E-state index in [1.54, 1.807) is 37.5 Å². The van der Waals surface area contributed by atoms with Crippen LogP contribution in [0.25, 0.3) is 11.3 Å². The number of benzene rings is 1. The molecule has 1 aromatic carbocycles. The molecule has 6 nitrogen and oxygen atoms in total. The molecule has 3 aromatic rings. The zero-order valence-corrected chi connectivity index (χ0v) is 15.4. The van der Waals surface area contributed by atoms with Gasteiger partial charge in [0.05, 0.1) is 29.1 Å². The third-order valence-electron chi connectivity index (χ3n) is 3.61. The first-order chi connectivity index (χ1) is 12.0. The molecule has 0 atom stereocenters. The van der Waals surface area contributed by atoms with E-state index in [1.807, 2.05) is 17.5 Å². The first-order valence-electron chi connectivity index (χ1n) is 7.57. The Morgan fingerprint density at radius 1 is 1.28 bits per heavy atom. The lowest BCUT2D eigenvalue weighted by Gasteiger charge is -2.11. The van der Waals surface area contributed by atoms with Crippen molar-refractivity contribution in [2.45, 2.75) is 11.8 Å². The molecule has 0 aliphatic heterocycles. The van der Waals surface area contributed by atoms with E-state index >= 15 is 0 Å². The van der Waals surface area contributed by atoms with Gasteiger partial charge in [0.25, 0.3) is 0 Å². The second-order valence-electron chi connectivity index (χ2n) is 5.17. The van der Waals surface area contributed by atoms with Crippen LogP contribution < -0.4 is 10.1 Å². The highest BCUT2D eigenvalue weighted by molar-refractivity contribution is 7.91. The Kier molecular flexibility index (Phi) is 5.00. The number of sulfone groups is 1. The molecule has 0 amide bonds. The molecule has 0 radical (unpaired) electrons. The maximum absolute atomic E-state index is 12.1. The monoisotopic (exact) mass is 375 g/mol. The largest absolute Gasteiger partial charge is 0.495 e. The van der Waals surface area contributed by atoms with Gasteiger partial charge in [-0.15, -0.1) is 11.3 Å². The number of ether oxygens (including phenoxy) is 1. The van der Waals surface area contributed by atoms with Crippen molar-refractivity contribution in [3.8, 4) is 17.0 Å². The number of thiazole rings is 1. The molecule has 0 fully saturated rings. The molecule has 0 saturated heterocycles. The highest BCUT2D eigenvalue weighted by Gasteiger charge is 2.15. The van der Waals surface area contributed by atoms with Gasteiger partial charge in [-0.1, -0.05) is 6.92 Å². The van der Waals surface area contributed by atoms with E-state index in [9.17, 15) is 8.42 Å². The Morgan fingerprint density at radius 3 is 2.80 bits per heavy atom. The fourth-order valence-corrected chi connectivity index (χ4v) is 3.88. The molecule has 25 heavy (non-hydrogen) atoms. The minimum Gasteiger partial charge on any atom is -0.495 e. The fourth-order valence-electron chi connectivity index (χ4n) is 2.24. The molecular weight excluding hydrogens is 358 g/mol. The number of hydrogen-bond acceptors (Lipinski definition) is 7. The molecule has 0 aliphatic carbocycles. The van der Waals surface area contributed by atoms with Crippen LogP contribution in [0, 0.1) is 0 Å². The molecule has 0 saturated carbocycles. The van der Waals surface area contributed by atoms with Gasteiger partial charge in [-0.3, -0.25) is 4.98 Å². The average molecular weight is 375 g/mol. The van der Waals surface area contributed by atoms with Crippen LogP contribution in [0.1, 0.15) is 6.92 Å². The van der Waals surface area contributed by atoms with Crippen molar-refractivity contribution in [3.05, 3.63) is 48.1 Å². The molecule has 0 aliphatic rings. The first-order valence-corrected chi connectivity index (χ1v) is 10.1. The van der Waals surface area contributed by atoms with Crippen molar-refractivity contribution in [2.75, 3.05) is 18.2 Å². The first kappa shape index (κ1) is 17.4. The number of pyridine rings is 1. The molecule has 8 heteroatoms. The molecule has 0 bridgehead atoms. The van der Waals surface area contributed by atoms with Gasteiger partial charge in [-0.2, -0.15) is 0 Å². The van der Waals surface area contributed by atoms with Gasteiger partial charge in [0.1, 0.15) is 5.75 Å². The normalized spacial score (nSPS) is 11.3. The van der Waals surface area contributed by atoms with Gasteiger partial charge in [-0.05, 0) is 30.3 Å². The third kappa shape index (κ3) is 3.80. The van der Waals surface area contributed by atoms with Crippen molar-refractivity contribution in [1.82, 2.24) is 9.97 Å². The van der Waals surface area contributed by atoms with Crippen LogP contribution in [-0.4, -0.2) is 31.2 Å². The Labute approximate surface area is 150 Å². The van der Waals surface area contributed by atoms with Gasteiger partial charge in [0.15, 0.2) is 15.0 Å². The highest BCUT2D eigenvalue weighted by Crippen LogP contribution is 2.33. The lowest BCUT2D eigenvalue weighted by molar-refractivity contribution is 0.416. The SMILES string of the molecule is CCS(=O)(=O)c1ccc(OC)c(Nc2nc(-c3cccnc3)cs2)c1. The summed E-state index contributed by atoms with van der Waals surface area (Å²) in [5, 5.41) is 5.70. The maximum Gasteiger partial charge on any atom is 0.187 e. The molecule has 1 N–H and O–H groups in total. The second kappa shape index (κ2) is 7.20. The summed E-state index contributed by atoms with van der Waals surface area (Å²) >= 11 is 1.42. The summed E-state index contributed by atoms with van der Waals surface area (Å²) < 4.78 is 29.5. The number of aromatic nitrogens is 2. The number of rotatable bonds is 6. The summed E-state index contributed by atoms with van der Waals surface area (Å²) in [6.45, 7) is 1.62. The summed E-state index contributed by atoms with van der Waals surface area (Å²) in [7, 11) is -1.76. The molecular formula is C17H17N3O3S2. The lowest BCUT2D eigenvalue weighted by Crippen LogP contribution is -2.05. The smallest absolute Gasteiger partial charge is 0.187 e. The minimum absolute atomic E-state index is 0.0428. The minimum atomic E-state index is -3.30. The van der Waals surface area contributed by atoms with E-state index in [0.717, 1.165) is 11.3 Å². The number of nitrogens with zero attached hydrogens (tertiary/aromatic N) is 2. The highest BCUT2D eigenvalue weighted by atomic mass is 32.2. The van der Waals surface area contributed by atoms with E-state index in [2.05, 4.69) is 15.3 Å². The van der Waals surface area contributed by atoms with Crippen molar-refractivity contribution in [2.24, 2.45) is 0 Å². The topological polar surface area (TPSA) is 81.2 Å². The van der Waals surface area contributed by atoms with Gasteiger partial charge in [0, 0.05) is 23.3 Å². The summed E-state index contributed by atoms with van der Waals surface area (Å²) in [6.07, 6.45) is 3.45. The second-order valence-corrected chi connectivity index (χ2v) is 8.31. The molecule has 2 heterocycles. The zero-order valence-electron chi connectivity index (χ0n) is 13.8. The van der Waals surface area contributed by atoms with E-state index in [-0.39, 0.29) is 10.6 Å². The predicted octanol–water partition coefficient (Wildman–Crippen LogP) is 3.75. The zero-order chi connectivity index (χ0) is 17.9. The summed E-state index contributed by atoms with van der Waals surface area (Å²) in [5.41, 5.74) is 2.28. The molecule has 0 spiro atoms. The number of methoxy groups -OCH3 is 1. The lowest BCUT2D eigenvalue weighted by atomic mass is 10.2. The van der Waals surface area contributed by atoms with Crippen LogP contribution in [0.15, 0.2) is 53.0 Å². The Bertz CT molecular complexity index is 970. The van der Waals surface area contributed by atoms with E-state index in [0.29, 0.717) is 16.6 Å². The van der Waals surface area contributed by atoms with Crippen molar-refractivity contribution in [3.63, 3.8) is 0 Å². The van der Waals surface area contributed by atoms with E-state index in [1.165, 1.54) is 18.4 Å². The fraction of sp³-hybridized carbons (Fsp3) is 0.176. The molecule has 130 valence electrons. The number of nitrogens with one attached hydrogen (secondary N) is 1. The van der Waals surface area contributed by atoms with Crippen molar-refractivity contribution >= 4 is 32.0 Å². The standard InChI is InChI=1S/C17H17N3O3S2/c1-3-25(21,22)13-6-7-16(23-2)14(9-13)19-17-20-15(11-24-17)12-5-4-8-18-10-12/h4-11H,3H2,1-2H3,(H,19,20). The average Bonchev–Trinajstić information content (AvgIpc) is 3.11. The Balaban J connectivity index is 1.92. The van der Waals surface area contributed by atoms with Crippen molar-refractivity contribution in [1.29, 1.82) is 0 Å². The van der Waals surface area contributed by atoms with Crippen LogP contribution >= 0.6 is 11.3 Å². The third-order valence-corrected chi connectivity index (χ3v) is 6.10. The van der Waals surface area contributed by atoms with Crippen molar-refractivity contribution < 1.29 is 13.2 Å². The van der Waals surface area contributed by atoms with E-state index < -0.39 is 9.84 Å². The van der Waals surface area contributed by atoms with Crippen LogP contribution in [0.4, 0.5) is 10.8 Å². The maximum atomic E-state index is 12.1. The Hall–Kier alpha value is -2.45. The Morgan fingerprint density at radius 2 is 2.12 bits per heavy atom. The van der Waals surface area contributed by atoms with Crippen LogP contribution in [0.5, 0.6) is 5.75 Å². The van der Waals surface area contributed by atoms with Crippen LogP contribution in [0.2, 0.25) is 0 Å². The predicted molar refractivity (Wildman–Crippen MR) is 99.3 cm³/mol.